The summed E-state index contributed by atoms with van der Waals surface area (Å²) in [5.74, 6) is -0.507. The number of aromatic nitrogens is 2. The summed E-state index contributed by atoms with van der Waals surface area (Å²) in [5, 5.41) is 20.1. The number of para-hydroxylation sites is 2. The highest BCUT2D eigenvalue weighted by molar-refractivity contribution is 8.93. The van der Waals surface area contributed by atoms with Gasteiger partial charge in [-0.3, -0.25) is 14.5 Å². The van der Waals surface area contributed by atoms with E-state index in [1.165, 1.54) is 13.2 Å². The van der Waals surface area contributed by atoms with Crippen LogP contribution in [0, 0.1) is 5.41 Å². The number of rotatable bonds is 10. The molecule has 0 unspecified atom stereocenters. The lowest BCUT2D eigenvalue weighted by molar-refractivity contribution is 0.0971. The lowest BCUT2D eigenvalue weighted by Gasteiger charge is -2.28. The number of hydrogen-bond donors (Lipinski definition) is 2. The third kappa shape index (κ3) is 6.91. The van der Waals surface area contributed by atoms with Crippen LogP contribution in [0.3, 0.4) is 0 Å². The van der Waals surface area contributed by atoms with E-state index in [1.54, 1.807) is 10.6 Å². The molecule has 1 aromatic heterocycles. The number of phenols is 1. The summed E-state index contributed by atoms with van der Waals surface area (Å²) in [6, 6.07) is 20.4. The van der Waals surface area contributed by atoms with Crippen molar-refractivity contribution in [1.29, 1.82) is 5.41 Å². The second kappa shape index (κ2) is 12.6. The maximum absolute atomic E-state index is 13.8. The number of ketones is 1. The van der Waals surface area contributed by atoms with Crippen LogP contribution < -0.4 is 9.92 Å². The fourth-order valence-electron chi connectivity index (χ4n) is 4.80. The molecule has 0 aliphatic rings. The average Bonchev–Trinajstić information content (AvgIpc) is 3.15. The summed E-state index contributed by atoms with van der Waals surface area (Å²) < 4.78 is 35.1. The van der Waals surface area contributed by atoms with E-state index in [1.807, 2.05) is 79.9 Å². The number of aromatic hydroxyl groups is 1. The number of phenolic OH excluding ortho intramolecular Hbond substituents is 1. The van der Waals surface area contributed by atoms with Gasteiger partial charge in [0.2, 0.25) is 15.6 Å². The van der Waals surface area contributed by atoms with Crippen LogP contribution in [0.25, 0.3) is 11.0 Å². The van der Waals surface area contributed by atoms with Crippen LogP contribution in [0.4, 0.5) is 5.69 Å². The molecule has 41 heavy (non-hydrogen) atoms. The molecule has 0 spiro atoms. The van der Waals surface area contributed by atoms with Gasteiger partial charge in [-0.25, -0.2) is 8.42 Å². The molecule has 3 aromatic carbocycles. The van der Waals surface area contributed by atoms with Crippen LogP contribution in [-0.4, -0.2) is 55.0 Å². The quantitative estimate of drug-likeness (QED) is 0.239. The van der Waals surface area contributed by atoms with Crippen molar-refractivity contribution in [1.82, 2.24) is 9.13 Å². The molecule has 2 N–H and O–H groups in total. The number of fused-ring (bicyclic) bond motifs is 1. The second-order valence-electron chi connectivity index (χ2n) is 10.9. The van der Waals surface area contributed by atoms with E-state index in [4.69, 9.17) is 10.1 Å². The van der Waals surface area contributed by atoms with Gasteiger partial charge in [-0.15, -0.1) is 17.0 Å². The molecule has 11 heteroatoms. The number of benzene rings is 3. The molecular formula is C30H37BrN4O5S. The van der Waals surface area contributed by atoms with E-state index in [0.29, 0.717) is 12.1 Å². The lowest BCUT2D eigenvalue weighted by atomic mass is 9.84. The molecule has 9 nitrogen and oxygen atoms in total. The molecule has 0 radical (unpaired) electrons. The van der Waals surface area contributed by atoms with Gasteiger partial charge in [0.1, 0.15) is 5.75 Å². The lowest BCUT2D eigenvalue weighted by Crippen LogP contribution is -2.34. The monoisotopic (exact) mass is 644 g/mol. The second-order valence-corrected chi connectivity index (χ2v) is 12.8. The molecule has 4 rings (SSSR count). The number of carbonyl (C=O) groups is 1. The van der Waals surface area contributed by atoms with Crippen molar-refractivity contribution in [3.63, 3.8) is 0 Å². The zero-order chi connectivity index (χ0) is 29.2. The minimum Gasteiger partial charge on any atom is -0.505 e. The molecule has 4 aromatic rings. The predicted octanol–water partition coefficient (Wildman–Crippen LogP) is 4.85. The van der Waals surface area contributed by atoms with E-state index in [0.717, 1.165) is 27.2 Å². The van der Waals surface area contributed by atoms with Crippen molar-refractivity contribution in [3.05, 3.63) is 89.0 Å². The van der Waals surface area contributed by atoms with Crippen LogP contribution in [0.1, 0.15) is 42.3 Å². The first kappa shape index (κ1) is 32.1. The van der Waals surface area contributed by atoms with Crippen molar-refractivity contribution >= 4 is 49.5 Å². The zero-order valence-electron chi connectivity index (χ0n) is 23.9. The summed E-state index contributed by atoms with van der Waals surface area (Å²) in [4.78, 5) is 13.8. The number of anilines is 1. The van der Waals surface area contributed by atoms with E-state index in [9.17, 15) is 18.3 Å². The summed E-state index contributed by atoms with van der Waals surface area (Å²) in [7, 11) is -2.33. The summed E-state index contributed by atoms with van der Waals surface area (Å²) >= 11 is 0. The SMILES string of the molecule is Br.COCCN(c1cc(C(=O)Cn2c(=N)n(Cc3ccccc3)c3ccccc32)cc(C(C)(C)C)c1O)S(C)(=O)=O. The molecule has 1 heterocycles. The largest absolute Gasteiger partial charge is 0.505 e. The third-order valence-electron chi connectivity index (χ3n) is 6.85. The molecule has 0 amide bonds. The molecule has 0 saturated heterocycles. The summed E-state index contributed by atoms with van der Waals surface area (Å²) in [5.41, 5.74) is 2.91. The maximum atomic E-state index is 13.8. The topological polar surface area (TPSA) is 118 Å². The molecule has 0 aliphatic carbocycles. The third-order valence-corrected chi connectivity index (χ3v) is 8.03. The highest BCUT2D eigenvalue weighted by atomic mass is 79.9. The van der Waals surface area contributed by atoms with Crippen molar-refractivity contribution in [3.8, 4) is 5.75 Å². The Morgan fingerprint density at radius 2 is 1.59 bits per heavy atom. The number of methoxy groups -OCH3 is 1. The van der Waals surface area contributed by atoms with Gasteiger partial charge in [-0.1, -0.05) is 63.2 Å². The fraction of sp³-hybridized carbons (Fsp3) is 0.333. The van der Waals surface area contributed by atoms with Crippen LogP contribution in [-0.2, 0) is 33.3 Å². The minimum absolute atomic E-state index is 0. The highest BCUT2D eigenvalue weighted by Crippen LogP contribution is 2.40. The van der Waals surface area contributed by atoms with Crippen molar-refractivity contribution in [2.24, 2.45) is 0 Å². The van der Waals surface area contributed by atoms with E-state index < -0.39 is 15.4 Å². The van der Waals surface area contributed by atoms with Crippen molar-refractivity contribution < 1.29 is 23.1 Å². The Labute approximate surface area is 251 Å². The fourth-order valence-corrected chi connectivity index (χ4v) is 5.70. The zero-order valence-corrected chi connectivity index (χ0v) is 26.4. The number of ether oxygens (including phenoxy) is 1. The minimum atomic E-state index is -3.79. The number of halogens is 1. The Hall–Kier alpha value is -3.41. The van der Waals surface area contributed by atoms with Gasteiger partial charge in [-0.2, -0.15) is 0 Å². The number of carbonyl (C=O) groups excluding carboxylic acids is 1. The van der Waals surface area contributed by atoms with Crippen LogP contribution in [0.15, 0.2) is 66.7 Å². The normalized spacial score (nSPS) is 11.8. The smallest absolute Gasteiger partial charge is 0.232 e. The van der Waals surface area contributed by atoms with E-state index in [2.05, 4.69) is 0 Å². The number of imidazole rings is 1. The first-order valence-corrected chi connectivity index (χ1v) is 14.8. The first-order valence-electron chi connectivity index (χ1n) is 13.0. The first-order chi connectivity index (χ1) is 18.8. The Kier molecular flexibility index (Phi) is 9.89. The van der Waals surface area contributed by atoms with Crippen LogP contribution >= 0.6 is 17.0 Å². The Bertz CT molecular complexity index is 1710. The molecule has 0 saturated carbocycles. The average molecular weight is 646 g/mol. The van der Waals surface area contributed by atoms with Gasteiger partial charge in [0.25, 0.3) is 0 Å². The molecule has 0 atom stereocenters. The Balaban J connectivity index is 0.00000462. The van der Waals surface area contributed by atoms with Crippen molar-refractivity contribution in [2.75, 3.05) is 30.8 Å². The van der Waals surface area contributed by atoms with Crippen LogP contribution in [0.5, 0.6) is 5.75 Å². The van der Waals surface area contributed by atoms with E-state index in [-0.39, 0.29) is 65.1 Å². The predicted molar refractivity (Wildman–Crippen MR) is 167 cm³/mol. The van der Waals surface area contributed by atoms with E-state index >= 15 is 0 Å². The molecule has 220 valence electrons. The van der Waals surface area contributed by atoms with Gasteiger partial charge in [-0.05, 0) is 35.2 Å². The van der Waals surface area contributed by atoms with Gasteiger partial charge in [0.15, 0.2) is 5.78 Å². The molecule has 0 bridgehead atoms. The van der Waals surface area contributed by atoms with Gasteiger partial charge >= 0.3 is 0 Å². The molecule has 0 aliphatic heterocycles. The maximum Gasteiger partial charge on any atom is 0.232 e. The Morgan fingerprint density at radius 1 is 1.00 bits per heavy atom. The molecular weight excluding hydrogens is 608 g/mol. The summed E-state index contributed by atoms with van der Waals surface area (Å²) in [6.45, 7) is 6.07. The number of hydrogen-bond acceptors (Lipinski definition) is 6. The number of nitrogens with zero attached hydrogens (tertiary/aromatic N) is 3. The molecule has 0 fully saturated rings. The number of Topliss-reactive ketones (excluding diaryl/α,β-unsaturated/α-hetero) is 1. The number of sulfonamides is 1. The standard InChI is InChI=1S/C30H36N4O5S.BrH/c1-30(2,3)23-17-22(18-26(28(23)36)34(15-16-39-4)40(5,37)38)27(35)20-33-25-14-10-9-13-24(25)32(29(33)31)19-21-11-7-6-8-12-21;/h6-14,17-18,31,36H,15-16,19-20H2,1-5H3;1H. The van der Waals surface area contributed by atoms with Gasteiger partial charge in [0.05, 0.1) is 49.2 Å². The van der Waals surface area contributed by atoms with Crippen LogP contribution in [0.2, 0.25) is 0 Å². The van der Waals surface area contributed by atoms with Crippen molar-refractivity contribution in [2.45, 2.75) is 39.3 Å². The van der Waals surface area contributed by atoms with Gasteiger partial charge < -0.3 is 19.0 Å². The Morgan fingerprint density at radius 3 is 2.15 bits per heavy atom. The highest BCUT2D eigenvalue weighted by Gasteiger charge is 2.29. The van der Waals surface area contributed by atoms with Gasteiger partial charge in [0, 0.05) is 18.2 Å². The number of nitrogens with one attached hydrogen (secondary N) is 1. The summed E-state index contributed by atoms with van der Waals surface area (Å²) in [6.07, 6.45) is 1.05.